The smallest absolute Gasteiger partial charge is 0.343 e. The molecular formula is C20H16N2O4. The third-order valence-electron chi connectivity index (χ3n) is 3.49. The zero-order valence-corrected chi connectivity index (χ0v) is 13.7. The molecule has 3 aromatic rings. The predicted octanol–water partition coefficient (Wildman–Crippen LogP) is 3.29. The molecule has 0 unspecified atom stereocenters. The standard InChI is InChI=1S/C20H16N2O4/c21-15-3-1-5-17(11-15)25-19(23)13-7-9-14(10-8-13)20(24)26-18-6-2-4-16(22)12-18/h1-12H,21-22H2. The summed E-state index contributed by atoms with van der Waals surface area (Å²) >= 11 is 0. The van der Waals surface area contributed by atoms with Crippen LogP contribution in [-0.4, -0.2) is 11.9 Å². The number of rotatable bonds is 4. The summed E-state index contributed by atoms with van der Waals surface area (Å²) in [6.45, 7) is 0. The first-order valence-corrected chi connectivity index (χ1v) is 7.77. The molecule has 0 amide bonds. The maximum Gasteiger partial charge on any atom is 0.343 e. The van der Waals surface area contributed by atoms with Crippen LogP contribution in [0, 0.1) is 0 Å². The van der Waals surface area contributed by atoms with Crippen LogP contribution in [0.5, 0.6) is 11.5 Å². The van der Waals surface area contributed by atoms with Crippen molar-refractivity contribution in [2.45, 2.75) is 0 Å². The minimum Gasteiger partial charge on any atom is -0.423 e. The van der Waals surface area contributed by atoms with E-state index < -0.39 is 11.9 Å². The highest BCUT2D eigenvalue weighted by Crippen LogP contribution is 2.18. The van der Waals surface area contributed by atoms with E-state index in [0.717, 1.165) is 0 Å². The van der Waals surface area contributed by atoms with Gasteiger partial charge in [-0.2, -0.15) is 0 Å². The highest BCUT2D eigenvalue weighted by molar-refractivity contribution is 5.95. The molecule has 4 N–H and O–H groups in total. The molecule has 130 valence electrons. The van der Waals surface area contributed by atoms with E-state index >= 15 is 0 Å². The summed E-state index contributed by atoms with van der Waals surface area (Å²) < 4.78 is 10.5. The van der Waals surface area contributed by atoms with Crippen LogP contribution in [0.3, 0.4) is 0 Å². The summed E-state index contributed by atoms with van der Waals surface area (Å²) in [5.41, 5.74) is 12.9. The third kappa shape index (κ3) is 4.18. The number of carbonyl (C=O) groups excluding carboxylic acids is 2. The van der Waals surface area contributed by atoms with E-state index in [4.69, 9.17) is 20.9 Å². The van der Waals surface area contributed by atoms with E-state index in [2.05, 4.69) is 0 Å². The van der Waals surface area contributed by atoms with Gasteiger partial charge in [0.05, 0.1) is 11.1 Å². The lowest BCUT2D eigenvalue weighted by Gasteiger charge is -2.07. The molecule has 0 saturated heterocycles. The Morgan fingerprint density at radius 2 is 1.00 bits per heavy atom. The van der Waals surface area contributed by atoms with Crippen LogP contribution in [0.4, 0.5) is 11.4 Å². The molecule has 6 nitrogen and oxygen atoms in total. The fourth-order valence-corrected chi connectivity index (χ4v) is 2.23. The van der Waals surface area contributed by atoms with E-state index in [-0.39, 0.29) is 0 Å². The predicted molar refractivity (Wildman–Crippen MR) is 98.1 cm³/mol. The molecule has 0 atom stereocenters. The average molecular weight is 348 g/mol. The van der Waals surface area contributed by atoms with E-state index in [9.17, 15) is 9.59 Å². The summed E-state index contributed by atoms with van der Waals surface area (Å²) in [4.78, 5) is 24.3. The zero-order chi connectivity index (χ0) is 18.5. The average Bonchev–Trinajstić information content (AvgIpc) is 2.62. The van der Waals surface area contributed by atoms with Crippen LogP contribution in [0.2, 0.25) is 0 Å². The molecule has 0 aliphatic carbocycles. The van der Waals surface area contributed by atoms with Crippen molar-refractivity contribution in [1.29, 1.82) is 0 Å². The van der Waals surface area contributed by atoms with Gasteiger partial charge in [0.1, 0.15) is 11.5 Å². The molecular weight excluding hydrogens is 332 g/mol. The fraction of sp³-hybridized carbons (Fsp3) is 0. The minimum absolute atomic E-state index is 0.299. The van der Waals surface area contributed by atoms with Crippen molar-refractivity contribution in [1.82, 2.24) is 0 Å². The van der Waals surface area contributed by atoms with Crippen molar-refractivity contribution >= 4 is 23.3 Å². The van der Waals surface area contributed by atoms with E-state index in [1.54, 1.807) is 48.5 Å². The Labute approximate surface area is 150 Å². The van der Waals surface area contributed by atoms with Crippen molar-refractivity contribution in [3.8, 4) is 11.5 Å². The number of esters is 2. The largest absolute Gasteiger partial charge is 0.423 e. The van der Waals surface area contributed by atoms with E-state index in [1.165, 1.54) is 24.3 Å². The molecule has 0 spiro atoms. The summed E-state index contributed by atoms with van der Waals surface area (Å²) in [5, 5.41) is 0. The number of benzene rings is 3. The fourth-order valence-electron chi connectivity index (χ4n) is 2.23. The summed E-state index contributed by atoms with van der Waals surface area (Å²) in [6, 6.07) is 19.1. The third-order valence-corrected chi connectivity index (χ3v) is 3.49. The first-order valence-electron chi connectivity index (χ1n) is 7.77. The van der Waals surface area contributed by atoms with Crippen molar-refractivity contribution in [2.75, 3.05) is 11.5 Å². The molecule has 0 fully saturated rings. The SMILES string of the molecule is Nc1cccc(OC(=O)c2ccc(C(=O)Oc3cccc(N)c3)cc2)c1. The first-order chi connectivity index (χ1) is 12.5. The molecule has 0 saturated carbocycles. The maximum absolute atomic E-state index is 12.1. The highest BCUT2D eigenvalue weighted by Gasteiger charge is 2.12. The molecule has 3 rings (SSSR count). The Balaban J connectivity index is 1.67. The lowest BCUT2D eigenvalue weighted by molar-refractivity contribution is 0.0720. The summed E-state index contributed by atoms with van der Waals surface area (Å²) in [6.07, 6.45) is 0. The first kappa shape index (κ1) is 17.0. The second-order valence-electron chi connectivity index (χ2n) is 5.50. The van der Waals surface area contributed by atoms with Crippen molar-refractivity contribution in [2.24, 2.45) is 0 Å². The van der Waals surface area contributed by atoms with Crippen molar-refractivity contribution in [3.05, 3.63) is 83.9 Å². The molecule has 0 aliphatic heterocycles. The molecule has 0 radical (unpaired) electrons. The van der Waals surface area contributed by atoms with Crippen LogP contribution >= 0.6 is 0 Å². The van der Waals surface area contributed by atoms with Crippen molar-refractivity contribution < 1.29 is 19.1 Å². The molecule has 0 aromatic heterocycles. The molecule has 26 heavy (non-hydrogen) atoms. The van der Waals surface area contributed by atoms with Gasteiger partial charge in [0.2, 0.25) is 0 Å². The van der Waals surface area contributed by atoms with Gasteiger partial charge in [0.25, 0.3) is 0 Å². The summed E-state index contributed by atoms with van der Waals surface area (Å²) in [5.74, 6) is -0.405. The second kappa shape index (κ2) is 7.40. The summed E-state index contributed by atoms with van der Waals surface area (Å²) in [7, 11) is 0. The molecule has 0 bridgehead atoms. The van der Waals surface area contributed by atoms with Gasteiger partial charge in [0, 0.05) is 23.5 Å². The van der Waals surface area contributed by atoms with Gasteiger partial charge in [-0.05, 0) is 48.5 Å². The normalized spacial score (nSPS) is 10.2. The molecule has 6 heteroatoms. The van der Waals surface area contributed by atoms with Crippen molar-refractivity contribution in [3.63, 3.8) is 0 Å². The zero-order valence-electron chi connectivity index (χ0n) is 13.7. The number of hydrogen-bond donors (Lipinski definition) is 2. The number of nitrogen functional groups attached to an aromatic ring is 2. The molecule has 3 aromatic carbocycles. The van der Waals surface area contributed by atoms with Gasteiger partial charge in [0.15, 0.2) is 0 Å². The van der Waals surface area contributed by atoms with E-state index in [1.807, 2.05) is 0 Å². The second-order valence-corrected chi connectivity index (χ2v) is 5.50. The maximum atomic E-state index is 12.1. The number of anilines is 2. The number of hydrogen-bond acceptors (Lipinski definition) is 6. The van der Waals surface area contributed by atoms with Gasteiger partial charge in [-0.25, -0.2) is 9.59 Å². The van der Waals surface area contributed by atoms with Gasteiger partial charge in [-0.15, -0.1) is 0 Å². The Morgan fingerprint density at radius 3 is 1.35 bits per heavy atom. The van der Waals surface area contributed by atoms with E-state index in [0.29, 0.717) is 34.0 Å². The topological polar surface area (TPSA) is 105 Å². The van der Waals surface area contributed by atoms with Gasteiger partial charge < -0.3 is 20.9 Å². The van der Waals surface area contributed by atoms with Gasteiger partial charge in [-0.1, -0.05) is 12.1 Å². The van der Waals surface area contributed by atoms with Crippen LogP contribution < -0.4 is 20.9 Å². The Morgan fingerprint density at radius 1 is 0.615 bits per heavy atom. The lowest BCUT2D eigenvalue weighted by Crippen LogP contribution is -2.11. The Bertz CT molecular complexity index is 874. The lowest BCUT2D eigenvalue weighted by atomic mass is 10.1. The van der Waals surface area contributed by atoms with Gasteiger partial charge in [-0.3, -0.25) is 0 Å². The quantitative estimate of drug-likeness (QED) is 0.426. The van der Waals surface area contributed by atoms with Crippen LogP contribution in [0.1, 0.15) is 20.7 Å². The number of ether oxygens (including phenoxy) is 2. The van der Waals surface area contributed by atoms with Crippen LogP contribution in [-0.2, 0) is 0 Å². The Kier molecular flexibility index (Phi) is 4.85. The van der Waals surface area contributed by atoms with Crippen LogP contribution in [0.15, 0.2) is 72.8 Å². The van der Waals surface area contributed by atoms with Crippen LogP contribution in [0.25, 0.3) is 0 Å². The minimum atomic E-state index is -0.550. The monoisotopic (exact) mass is 348 g/mol. The number of nitrogens with two attached hydrogens (primary N) is 2. The Hall–Kier alpha value is -3.80. The van der Waals surface area contributed by atoms with Gasteiger partial charge >= 0.3 is 11.9 Å². The highest BCUT2D eigenvalue weighted by atomic mass is 16.5. The number of carbonyl (C=O) groups is 2. The molecule has 0 aliphatic rings. The molecule has 0 heterocycles.